The molecular weight excluding hydrogens is 146 g/mol. The Balaban J connectivity index is 2.45. The first-order valence-corrected chi connectivity index (χ1v) is 3.81. The zero-order valence-electron chi connectivity index (χ0n) is 6.73. The molecule has 0 bridgehead atoms. The Kier molecular flexibility index (Phi) is 3.26. The third-order valence-electron chi connectivity index (χ3n) is 2.19. The number of hydrogen-bond acceptors (Lipinski definition) is 4. The van der Waals surface area contributed by atoms with Crippen molar-refractivity contribution in [3.63, 3.8) is 0 Å². The van der Waals surface area contributed by atoms with Gasteiger partial charge in [-0.3, -0.25) is 4.90 Å². The van der Waals surface area contributed by atoms with Crippen molar-refractivity contribution in [2.24, 2.45) is 0 Å². The summed E-state index contributed by atoms with van der Waals surface area (Å²) in [6.45, 7) is 1.30. The molecule has 0 saturated carbocycles. The highest BCUT2D eigenvalue weighted by Gasteiger charge is 2.26. The lowest BCUT2D eigenvalue weighted by molar-refractivity contribution is -0.0664. The first-order valence-electron chi connectivity index (χ1n) is 3.81. The summed E-state index contributed by atoms with van der Waals surface area (Å²) in [5.41, 5.74) is 0. The third-order valence-corrected chi connectivity index (χ3v) is 2.19. The molecule has 2 N–H and O–H groups in total. The van der Waals surface area contributed by atoms with Crippen LogP contribution in [0.25, 0.3) is 0 Å². The maximum absolute atomic E-state index is 8.87. The molecule has 0 unspecified atom stereocenters. The van der Waals surface area contributed by atoms with E-state index < -0.39 is 0 Å². The summed E-state index contributed by atoms with van der Waals surface area (Å²) in [5.74, 6) is 0. The van der Waals surface area contributed by atoms with Crippen LogP contribution in [0.1, 0.15) is 0 Å². The highest BCUT2D eigenvalue weighted by molar-refractivity contribution is 4.79. The predicted octanol–water partition coefficient (Wildman–Crippen LogP) is -1.33. The first kappa shape index (κ1) is 8.93. The number of ether oxygens (including phenoxy) is 1. The fourth-order valence-electron chi connectivity index (χ4n) is 1.24. The van der Waals surface area contributed by atoms with E-state index >= 15 is 0 Å². The van der Waals surface area contributed by atoms with E-state index in [4.69, 9.17) is 14.9 Å². The summed E-state index contributed by atoms with van der Waals surface area (Å²) in [5, 5.41) is 17.7. The van der Waals surface area contributed by atoms with Crippen LogP contribution in [0.5, 0.6) is 0 Å². The first-order chi connectivity index (χ1) is 5.29. The minimum Gasteiger partial charge on any atom is -0.395 e. The molecule has 4 heteroatoms. The van der Waals surface area contributed by atoms with Crippen LogP contribution in [0.15, 0.2) is 0 Å². The van der Waals surface area contributed by atoms with Crippen LogP contribution in [0.4, 0.5) is 0 Å². The van der Waals surface area contributed by atoms with Crippen molar-refractivity contribution in [1.82, 2.24) is 4.90 Å². The summed E-state index contributed by atoms with van der Waals surface area (Å²) in [6.07, 6.45) is 0. The topological polar surface area (TPSA) is 52.9 Å². The number of morpholine rings is 1. The van der Waals surface area contributed by atoms with Gasteiger partial charge in [-0.25, -0.2) is 0 Å². The lowest BCUT2D eigenvalue weighted by Gasteiger charge is -2.37. The molecule has 1 rings (SSSR count). The predicted molar refractivity (Wildman–Crippen MR) is 40.3 cm³/mol. The number of likely N-dealkylation sites (N-methyl/N-ethyl adjacent to an activating group) is 1. The van der Waals surface area contributed by atoms with Crippen LogP contribution in [-0.2, 0) is 4.74 Å². The molecule has 0 radical (unpaired) electrons. The van der Waals surface area contributed by atoms with E-state index in [1.165, 1.54) is 0 Å². The van der Waals surface area contributed by atoms with E-state index in [0.717, 1.165) is 0 Å². The van der Waals surface area contributed by atoms with Gasteiger partial charge in [0, 0.05) is 0 Å². The van der Waals surface area contributed by atoms with Crippen molar-refractivity contribution in [2.75, 3.05) is 33.5 Å². The Morgan fingerprint density at radius 2 is 1.73 bits per heavy atom. The number of aliphatic hydroxyl groups is 2. The molecule has 1 fully saturated rings. The van der Waals surface area contributed by atoms with Gasteiger partial charge < -0.3 is 14.9 Å². The quantitative estimate of drug-likeness (QED) is 0.527. The maximum Gasteiger partial charge on any atom is 0.0645 e. The summed E-state index contributed by atoms with van der Waals surface area (Å²) in [7, 11) is 1.89. The van der Waals surface area contributed by atoms with Crippen molar-refractivity contribution >= 4 is 0 Å². The van der Waals surface area contributed by atoms with Gasteiger partial charge in [-0.15, -0.1) is 0 Å². The van der Waals surface area contributed by atoms with E-state index in [1.54, 1.807) is 0 Å². The largest absolute Gasteiger partial charge is 0.395 e. The molecule has 0 spiro atoms. The second-order valence-electron chi connectivity index (χ2n) is 2.88. The zero-order chi connectivity index (χ0) is 8.27. The molecule has 1 heterocycles. The van der Waals surface area contributed by atoms with Crippen LogP contribution in [0.2, 0.25) is 0 Å². The van der Waals surface area contributed by atoms with Crippen LogP contribution < -0.4 is 0 Å². The molecule has 1 saturated heterocycles. The molecule has 0 amide bonds. The van der Waals surface area contributed by atoms with E-state index in [-0.39, 0.29) is 25.3 Å². The molecule has 0 aromatic carbocycles. The van der Waals surface area contributed by atoms with Gasteiger partial charge in [0.1, 0.15) is 0 Å². The molecule has 1 aliphatic heterocycles. The monoisotopic (exact) mass is 161 g/mol. The highest BCUT2D eigenvalue weighted by atomic mass is 16.5. The normalized spacial score (nSPS) is 34.1. The number of nitrogens with zero attached hydrogens (tertiary/aromatic N) is 1. The fourth-order valence-corrected chi connectivity index (χ4v) is 1.24. The van der Waals surface area contributed by atoms with Crippen molar-refractivity contribution in [1.29, 1.82) is 0 Å². The van der Waals surface area contributed by atoms with Crippen LogP contribution >= 0.6 is 0 Å². The number of rotatable bonds is 2. The van der Waals surface area contributed by atoms with Crippen molar-refractivity contribution in [3.8, 4) is 0 Å². The molecule has 11 heavy (non-hydrogen) atoms. The lowest BCUT2D eigenvalue weighted by Crippen LogP contribution is -2.52. The van der Waals surface area contributed by atoms with Gasteiger partial charge in [-0.1, -0.05) is 0 Å². The molecule has 66 valence electrons. The second-order valence-corrected chi connectivity index (χ2v) is 2.88. The van der Waals surface area contributed by atoms with E-state index in [0.29, 0.717) is 13.2 Å². The van der Waals surface area contributed by atoms with Crippen LogP contribution in [0, 0.1) is 0 Å². The average molecular weight is 161 g/mol. The van der Waals surface area contributed by atoms with Gasteiger partial charge in [0.05, 0.1) is 38.5 Å². The van der Waals surface area contributed by atoms with Gasteiger partial charge >= 0.3 is 0 Å². The van der Waals surface area contributed by atoms with Gasteiger partial charge in [-0.05, 0) is 7.05 Å². The molecule has 1 aliphatic rings. The van der Waals surface area contributed by atoms with E-state index in [1.807, 2.05) is 11.9 Å². The molecule has 4 nitrogen and oxygen atoms in total. The summed E-state index contributed by atoms with van der Waals surface area (Å²) in [4.78, 5) is 1.96. The Bertz CT molecular complexity index is 108. The Morgan fingerprint density at radius 1 is 1.27 bits per heavy atom. The fraction of sp³-hybridized carbons (Fsp3) is 1.00. The average Bonchev–Trinajstić information content (AvgIpc) is 2.05. The summed E-state index contributed by atoms with van der Waals surface area (Å²) in [6, 6.07) is 0.0850. The van der Waals surface area contributed by atoms with Crippen molar-refractivity contribution in [2.45, 2.75) is 12.1 Å². The Hall–Kier alpha value is -0.160. The van der Waals surface area contributed by atoms with Crippen molar-refractivity contribution in [3.05, 3.63) is 0 Å². The lowest BCUT2D eigenvalue weighted by atomic mass is 10.2. The minimum atomic E-state index is 0.0425. The van der Waals surface area contributed by atoms with Gasteiger partial charge in [0.15, 0.2) is 0 Å². The minimum absolute atomic E-state index is 0.0425. The smallest absolute Gasteiger partial charge is 0.0645 e. The molecule has 2 atom stereocenters. The van der Waals surface area contributed by atoms with Crippen molar-refractivity contribution < 1.29 is 14.9 Å². The standard InChI is InChI=1S/C7H15NO3/c1-8-6(2-9)4-11-5-7(8)3-10/h6-7,9-10H,2-5H2,1H3/t6-,7-/m0/s1. The number of hydrogen-bond donors (Lipinski definition) is 2. The highest BCUT2D eigenvalue weighted by Crippen LogP contribution is 2.09. The van der Waals surface area contributed by atoms with E-state index in [9.17, 15) is 0 Å². The second kappa shape index (κ2) is 4.01. The summed E-state index contributed by atoms with van der Waals surface area (Å²) >= 11 is 0. The third kappa shape index (κ3) is 1.90. The van der Waals surface area contributed by atoms with Gasteiger partial charge in [0.25, 0.3) is 0 Å². The maximum atomic E-state index is 8.87. The molecular formula is C7H15NO3. The summed E-state index contributed by atoms with van der Waals surface area (Å²) < 4.78 is 5.19. The Labute approximate surface area is 66.4 Å². The van der Waals surface area contributed by atoms with Gasteiger partial charge in [0.2, 0.25) is 0 Å². The van der Waals surface area contributed by atoms with Crippen LogP contribution in [0.3, 0.4) is 0 Å². The number of aliphatic hydroxyl groups excluding tert-OH is 2. The zero-order valence-corrected chi connectivity index (χ0v) is 6.73. The molecule has 0 aromatic rings. The Morgan fingerprint density at radius 3 is 2.09 bits per heavy atom. The van der Waals surface area contributed by atoms with E-state index in [2.05, 4.69) is 0 Å². The molecule has 0 aliphatic carbocycles. The SMILES string of the molecule is CN1[C@@H](CO)COC[C@@H]1CO. The van der Waals surface area contributed by atoms with Gasteiger partial charge in [-0.2, -0.15) is 0 Å². The molecule has 0 aromatic heterocycles. The van der Waals surface area contributed by atoms with Crippen LogP contribution in [-0.4, -0.2) is 60.7 Å².